The highest BCUT2D eigenvalue weighted by molar-refractivity contribution is 5.90. The van der Waals surface area contributed by atoms with E-state index in [0.29, 0.717) is 17.0 Å². The van der Waals surface area contributed by atoms with Crippen molar-refractivity contribution in [3.05, 3.63) is 53.6 Å². The first-order valence-corrected chi connectivity index (χ1v) is 6.35. The van der Waals surface area contributed by atoms with Crippen LogP contribution in [0.3, 0.4) is 0 Å². The number of rotatable bonds is 3. The molecule has 0 saturated heterocycles. The third kappa shape index (κ3) is 2.41. The highest BCUT2D eigenvalue weighted by Crippen LogP contribution is 2.21. The molecule has 1 heterocycles. The number of nitrogens with one attached hydrogen (secondary N) is 1. The van der Waals surface area contributed by atoms with Gasteiger partial charge >= 0.3 is 5.97 Å². The number of ether oxygens (including phenoxy) is 1. The van der Waals surface area contributed by atoms with E-state index in [1.807, 2.05) is 0 Å². The monoisotopic (exact) mass is 280 g/mol. The van der Waals surface area contributed by atoms with E-state index in [2.05, 4.69) is 14.7 Å². The van der Waals surface area contributed by atoms with Crippen molar-refractivity contribution in [2.24, 2.45) is 0 Å². The number of methoxy groups -OCH3 is 1. The van der Waals surface area contributed by atoms with E-state index in [-0.39, 0.29) is 5.97 Å². The first kappa shape index (κ1) is 13.1. The van der Waals surface area contributed by atoms with E-state index in [0.717, 1.165) is 22.9 Å². The SMILES string of the molecule is COC(=O)c1ccc(-c2nc3ccc(C=O)cc3[nH]2)cc1. The first-order chi connectivity index (χ1) is 10.2. The van der Waals surface area contributed by atoms with Crippen LogP contribution in [-0.2, 0) is 4.74 Å². The molecule has 3 rings (SSSR count). The molecule has 0 aliphatic carbocycles. The van der Waals surface area contributed by atoms with Crippen LogP contribution < -0.4 is 0 Å². The minimum atomic E-state index is -0.373. The number of nitrogens with zero attached hydrogens (tertiary/aromatic N) is 1. The van der Waals surface area contributed by atoms with Gasteiger partial charge in [0, 0.05) is 11.1 Å². The van der Waals surface area contributed by atoms with Crippen LogP contribution in [0.1, 0.15) is 20.7 Å². The Morgan fingerprint density at radius 1 is 1.19 bits per heavy atom. The summed E-state index contributed by atoms with van der Waals surface area (Å²) in [5.74, 6) is 0.311. The Morgan fingerprint density at radius 3 is 2.62 bits per heavy atom. The van der Waals surface area contributed by atoms with Gasteiger partial charge in [-0.1, -0.05) is 12.1 Å². The molecule has 2 aromatic carbocycles. The number of aldehydes is 1. The van der Waals surface area contributed by atoms with Crippen molar-refractivity contribution in [1.29, 1.82) is 0 Å². The largest absolute Gasteiger partial charge is 0.465 e. The number of H-pyrrole nitrogens is 1. The molecule has 5 heteroatoms. The summed E-state index contributed by atoms with van der Waals surface area (Å²) in [5, 5.41) is 0. The van der Waals surface area contributed by atoms with Gasteiger partial charge in [-0.15, -0.1) is 0 Å². The van der Waals surface area contributed by atoms with Gasteiger partial charge in [-0.2, -0.15) is 0 Å². The summed E-state index contributed by atoms with van der Waals surface area (Å²) in [6.45, 7) is 0. The number of esters is 1. The lowest BCUT2D eigenvalue weighted by Gasteiger charge is -2.00. The van der Waals surface area contributed by atoms with Crippen LogP contribution in [0.25, 0.3) is 22.4 Å². The predicted molar refractivity (Wildman–Crippen MR) is 78.3 cm³/mol. The van der Waals surface area contributed by atoms with E-state index >= 15 is 0 Å². The molecule has 0 amide bonds. The molecule has 1 aromatic heterocycles. The van der Waals surface area contributed by atoms with Crippen molar-refractivity contribution < 1.29 is 14.3 Å². The number of aromatic amines is 1. The molecule has 21 heavy (non-hydrogen) atoms. The standard InChI is InChI=1S/C16H12N2O3/c1-21-16(20)12-5-3-11(4-6-12)15-17-13-7-2-10(9-19)8-14(13)18-15/h2-9H,1H3,(H,17,18). The van der Waals surface area contributed by atoms with E-state index < -0.39 is 0 Å². The van der Waals surface area contributed by atoms with E-state index in [1.165, 1.54) is 7.11 Å². The number of carbonyl (C=O) groups is 2. The lowest BCUT2D eigenvalue weighted by atomic mass is 10.1. The van der Waals surface area contributed by atoms with Gasteiger partial charge in [0.05, 0.1) is 23.7 Å². The van der Waals surface area contributed by atoms with Crippen LogP contribution >= 0.6 is 0 Å². The van der Waals surface area contributed by atoms with Gasteiger partial charge in [0.1, 0.15) is 12.1 Å². The van der Waals surface area contributed by atoms with Crippen molar-refractivity contribution in [3.8, 4) is 11.4 Å². The highest BCUT2D eigenvalue weighted by Gasteiger charge is 2.08. The average Bonchev–Trinajstić information content (AvgIpc) is 2.97. The molecule has 0 fully saturated rings. The Labute approximate surface area is 120 Å². The lowest BCUT2D eigenvalue weighted by Crippen LogP contribution is -2.00. The van der Waals surface area contributed by atoms with E-state index in [9.17, 15) is 9.59 Å². The zero-order chi connectivity index (χ0) is 14.8. The van der Waals surface area contributed by atoms with Crippen LogP contribution in [0.5, 0.6) is 0 Å². The molecule has 0 saturated carbocycles. The molecule has 0 aliphatic rings. The Kier molecular flexibility index (Phi) is 3.23. The maximum Gasteiger partial charge on any atom is 0.337 e. The Morgan fingerprint density at radius 2 is 1.95 bits per heavy atom. The second-order valence-electron chi connectivity index (χ2n) is 4.55. The van der Waals surface area contributed by atoms with E-state index in [1.54, 1.807) is 42.5 Å². The van der Waals surface area contributed by atoms with Crippen molar-refractivity contribution >= 4 is 23.3 Å². The number of imidazole rings is 1. The van der Waals surface area contributed by atoms with Crippen LogP contribution in [0.15, 0.2) is 42.5 Å². The van der Waals surface area contributed by atoms with Crippen LogP contribution in [0, 0.1) is 0 Å². The lowest BCUT2D eigenvalue weighted by molar-refractivity contribution is 0.0600. The third-order valence-corrected chi connectivity index (χ3v) is 3.22. The summed E-state index contributed by atoms with van der Waals surface area (Å²) in [5.41, 5.74) is 3.52. The molecular weight excluding hydrogens is 268 g/mol. The number of carbonyl (C=O) groups excluding carboxylic acids is 2. The molecule has 0 spiro atoms. The minimum Gasteiger partial charge on any atom is -0.465 e. The zero-order valence-corrected chi connectivity index (χ0v) is 11.3. The third-order valence-electron chi connectivity index (χ3n) is 3.22. The Hall–Kier alpha value is -2.95. The second-order valence-corrected chi connectivity index (χ2v) is 4.55. The number of benzene rings is 2. The summed E-state index contributed by atoms with van der Waals surface area (Å²) in [4.78, 5) is 29.8. The molecule has 0 aliphatic heterocycles. The van der Waals surface area contributed by atoms with Crippen molar-refractivity contribution in [1.82, 2.24) is 9.97 Å². The fourth-order valence-corrected chi connectivity index (χ4v) is 2.12. The van der Waals surface area contributed by atoms with Gasteiger partial charge in [0.2, 0.25) is 0 Å². The summed E-state index contributed by atoms with van der Waals surface area (Å²) < 4.78 is 4.66. The molecule has 1 N–H and O–H groups in total. The minimum absolute atomic E-state index is 0.373. The van der Waals surface area contributed by atoms with Crippen molar-refractivity contribution in [2.45, 2.75) is 0 Å². The number of aromatic nitrogens is 2. The Balaban J connectivity index is 2.00. The van der Waals surface area contributed by atoms with Crippen LogP contribution in [0.4, 0.5) is 0 Å². The normalized spacial score (nSPS) is 10.5. The maximum atomic E-state index is 11.4. The summed E-state index contributed by atoms with van der Waals surface area (Å²) in [7, 11) is 1.35. The molecule has 3 aromatic rings. The molecule has 0 unspecified atom stereocenters. The molecule has 0 bridgehead atoms. The van der Waals surface area contributed by atoms with Crippen molar-refractivity contribution in [3.63, 3.8) is 0 Å². The average molecular weight is 280 g/mol. The molecule has 0 radical (unpaired) electrons. The molecule has 5 nitrogen and oxygen atoms in total. The van der Waals surface area contributed by atoms with Gasteiger partial charge < -0.3 is 9.72 Å². The summed E-state index contributed by atoms with van der Waals surface area (Å²) in [6.07, 6.45) is 0.797. The smallest absolute Gasteiger partial charge is 0.337 e. The quantitative estimate of drug-likeness (QED) is 0.591. The predicted octanol–water partition coefficient (Wildman–Crippen LogP) is 2.83. The van der Waals surface area contributed by atoms with Crippen LogP contribution in [-0.4, -0.2) is 29.3 Å². The van der Waals surface area contributed by atoms with Gasteiger partial charge in [-0.3, -0.25) is 4.79 Å². The maximum absolute atomic E-state index is 11.4. The summed E-state index contributed by atoms with van der Waals surface area (Å²) >= 11 is 0. The Bertz CT molecular complexity index is 819. The summed E-state index contributed by atoms with van der Waals surface area (Å²) in [6, 6.07) is 12.2. The van der Waals surface area contributed by atoms with Gasteiger partial charge in [0.15, 0.2) is 0 Å². The molecule has 0 atom stereocenters. The second kappa shape index (κ2) is 5.20. The van der Waals surface area contributed by atoms with Gasteiger partial charge in [0.25, 0.3) is 0 Å². The van der Waals surface area contributed by atoms with Crippen LogP contribution in [0.2, 0.25) is 0 Å². The van der Waals surface area contributed by atoms with E-state index in [4.69, 9.17) is 0 Å². The number of fused-ring (bicyclic) bond motifs is 1. The topological polar surface area (TPSA) is 72.0 Å². The number of hydrogen-bond acceptors (Lipinski definition) is 4. The van der Waals surface area contributed by atoms with Gasteiger partial charge in [-0.25, -0.2) is 9.78 Å². The molecule has 104 valence electrons. The highest BCUT2D eigenvalue weighted by atomic mass is 16.5. The fraction of sp³-hybridized carbons (Fsp3) is 0.0625. The number of hydrogen-bond donors (Lipinski definition) is 1. The van der Waals surface area contributed by atoms with Crippen molar-refractivity contribution in [2.75, 3.05) is 7.11 Å². The first-order valence-electron chi connectivity index (χ1n) is 6.35. The van der Waals surface area contributed by atoms with Gasteiger partial charge in [-0.05, 0) is 30.3 Å². The fourth-order valence-electron chi connectivity index (χ4n) is 2.12. The zero-order valence-electron chi connectivity index (χ0n) is 11.3. The molecular formula is C16H12N2O3.